The number of hydrogen-bond donors (Lipinski definition) is 1. The molecule has 5 nitrogen and oxygen atoms in total. The van der Waals surface area contributed by atoms with E-state index in [-0.39, 0.29) is 4.90 Å². The molecule has 0 bridgehead atoms. The van der Waals surface area contributed by atoms with Gasteiger partial charge in [-0.15, -0.1) is 0 Å². The molecule has 2 aromatic rings. The van der Waals surface area contributed by atoms with Crippen LogP contribution in [0.1, 0.15) is 12.0 Å². The number of methoxy groups -OCH3 is 1. The minimum Gasteiger partial charge on any atom is -0.497 e. The van der Waals surface area contributed by atoms with E-state index in [0.717, 1.165) is 19.5 Å². The molecule has 0 amide bonds. The predicted molar refractivity (Wildman–Crippen MR) is 99.7 cm³/mol. The number of benzene rings is 2. The Hall–Kier alpha value is -2.05. The zero-order valence-corrected chi connectivity index (χ0v) is 15.4. The number of ether oxygens (including phenoxy) is 1. The Bertz CT molecular complexity index is 802. The van der Waals surface area contributed by atoms with Crippen molar-refractivity contribution in [2.24, 2.45) is 5.92 Å². The van der Waals surface area contributed by atoms with Crippen LogP contribution < -0.4 is 14.4 Å². The fourth-order valence-electron chi connectivity index (χ4n) is 3.06. The molecule has 1 heterocycles. The van der Waals surface area contributed by atoms with Crippen LogP contribution in [0.3, 0.4) is 0 Å². The number of hydrogen-bond acceptors (Lipinski definition) is 4. The van der Waals surface area contributed by atoms with Gasteiger partial charge in [-0.2, -0.15) is 0 Å². The molecule has 3 rings (SSSR count). The molecule has 2 aromatic carbocycles. The Morgan fingerprint density at radius 2 is 1.80 bits per heavy atom. The first-order valence-electron chi connectivity index (χ1n) is 8.43. The number of aryl methyl sites for hydroxylation is 1. The summed E-state index contributed by atoms with van der Waals surface area (Å²) in [5.74, 6) is 0.956. The number of rotatable bonds is 6. The van der Waals surface area contributed by atoms with E-state index < -0.39 is 10.0 Å². The molecule has 0 aromatic heterocycles. The normalized spacial score (nSPS) is 17.7. The first-order valence-corrected chi connectivity index (χ1v) is 9.91. The number of nitrogens with one attached hydrogen (secondary N) is 1. The third-order valence-electron chi connectivity index (χ3n) is 4.62. The van der Waals surface area contributed by atoms with Gasteiger partial charge in [-0.1, -0.05) is 17.7 Å². The summed E-state index contributed by atoms with van der Waals surface area (Å²) in [6.45, 7) is 4.35. The van der Waals surface area contributed by atoms with Gasteiger partial charge >= 0.3 is 0 Å². The molecule has 1 aliphatic heterocycles. The van der Waals surface area contributed by atoms with Crippen LogP contribution >= 0.6 is 0 Å². The lowest BCUT2D eigenvalue weighted by Crippen LogP contribution is -2.31. The molecule has 1 fully saturated rings. The molecular formula is C19H24N2O3S. The van der Waals surface area contributed by atoms with E-state index in [4.69, 9.17) is 4.74 Å². The van der Waals surface area contributed by atoms with Crippen LogP contribution in [0, 0.1) is 12.8 Å². The average Bonchev–Trinajstić information content (AvgIpc) is 3.10. The van der Waals surface area contributed by atoms with Crippen LogP contribution in [0.2, 0.25) is 0 Å². The monoisotopic (exact) mass is 360 g/mol. The van der Waals surface area contributed by atoms with Crippen LogP contribution in [-0.4, -0.2) is 35.2 Å². The van der Waals surface area contributed by atoms with Crippen LogP contribution in [0.15, 0.2) is 53.4 Å². The summed E-state index contributed by atoms with van der Waals surface area (Å²) in [5.41, 5.74) is 2.44. The van der Waals surface area contributed by atoms with Gasteiger partial charge in [0.1, 0.15) is 5.75 Å². The molecule has 1 saturated heterocycles. The van der Waals surface area contributed by atoms with Crippen molar-refractivity contribution in [2.75, 3.05) is 31.6 Å². The second-order valence-corrected chi connectivity index (χ2v) is 8.23. The second kappa shape index (κ2) is 7.45. The van der Waals surface area contributed by atoms with Gasteiger partial charge in [0.2, 0.25) is 10.0 Å². The molecule has 0 aliphatic carbocycles. The van der Waals surface area contributed by atoms with Crippen LogP contribution in [-0.2, 0) is 10.0 Å². The van der Waals surface area contributed by atoms with E-state index in [1.165, 1.54) is 11.3 Å². The highest BCUT2D eigenvalue weighted by molar-refractivity contribution is 7.89. The summed E-state index contributed by atoms with van der Waals surface area (Å²) < 4.78 is 32.6. The lowest BCUT2D eigenvalue weighted by atomic mass is 10.1. The number of anilines is 1. The standard InChI is InChI=1S/C19H24N2O3S/c1-15-3-5-17(6-4-15)21-12-11-16(14-21)13-20-25(22,23)19-9-7-18(24-2)8-10-19/h3-10,16,20H,11-14H2,1-2H3. The van der Waals surface area contributed by atoms with Crippen molar-refractivity contribution >= 4 is 15.7 Å². The van der Waals surface area contributed by atoms with Gasteiger partial charge in [0.25, 0.3) is 0 Å². The van der Waals surface area contributed by atoms with E-state index in [0.29, 0.717) is 18.2 Å². The van der Waals surface area contributed by atoms with E-state index in [9.17, 15) is 8.42 Å². The molecular weight excluding hydrogens is 336 g/mol. The Kier molecular flexibility index (Phi) is 5.30. The van der Waals surface area contributed by atoms with Crippen LogP contribution in [0.5, 0.6) is 5.75 Å². The summed E-state index contributed by atoms with van der Waals surface area (Å²) >= 11 is 0. The highest BCUT2D eigenvalue weighted by Gasteiger charge is 2.24. The van der Waals surface area contributed by atoms with Gasteiger partial charge in [-0.25, -0.2) is 13.1 Å². The average molecular weight is 360 g/mol. The van der Waals surface area contributed by atoms with Gasteiger partial charge in [0.05, 0.1) is 12.0 Å². The van der Waals surface area contributed by atoms with Gasteiger partial charge in [0, 0.05) is 25.3 Å². The van der Waals surface area contributed by atoms with Gasteiger partial charge < -0.3 is 9.64 Å². The smallest absolute Gasteiger partial charge is 0.240 e. The maximum atomic E-state index is 12.4. The second-order valence-electron chi connectivity index (χ2n) is 6.46. The minimum atomic E-state index is -3.48. The zero-order chi connectivity index (χ0) is 17.9. The Morgan fingerprint density at radius 3 is 2.44 bits per heavy atom. The van der Waals surface area contributed by atoms with E-state index in [1.54, 1.807) is 31.4 Å². The fraction of sp³-hybridized carbons (Fsp3) is 0.368. The number of nitrogens with zero attached hydrogens (tertiary/aromatic N) is 1. The highest BCUT2D eigenvalue weighted by Crippen LogP contribution is 2.24. The van der Waals surface area contributed by atoms with Gasteiger partial charge in [-0.05, 0) is 55.7 Å². The van der Waals surface area contributed by atoms with Crippen molar-refractivity contribution in [2.45, 2.75) is 18.2 Å². The summed E-state index contributed by atoms with van der Waals surface area (Å²) in [4.78, 5) is 2.58. The quantitative estimate of drug-likeness (QED) is 0.861. The molecule has 25 heavy (non-hydrogen) atoms. The largest absolute Gasteiger partial charge is 0.497 e. The Labute approximate surface area is 149 Å². The van der Waals surface area contributed by atoms with Crippen molar-refractivity contribution < 1.29 is 13.2 Å². The van der Waals surface area contributed by atoms with E-state index in [2.05, 4.69) is 40.8 Å². The molecule has 0 radical (unpaired) electrons. The highest BCUT2D eigenvalue weighted by atomic mass is 32.2. The Morgan fingerprint density at radius 1 is 1.12 bits per heavy atom. The lowest BCUT2D eigenvalue weighted by molar-refractivity contribution is 0.414. The Balaban J connectivity index is 1.57. The van der Waals surface area contributed by atoms with Crippen molar-refractivity contribution in [3.05, 3.63) is 54.1 Å². The third-order valence-corrected chi connectivity index (χ3v) is 6.06. The van der Waals surface area contributed by atoms with Gasteiger partial charge in [-0.3, -0.25) is 0 Å². The fourth-order valence-corrected chi connectivity index (χ4v) is 4.17. The SMILES string of the molecule is COc1ccc(S(=O)(=O)NCC2CCN(c3ccc(C)cc3)C2)cc1. The van der Waals surface area contributed by atoms with Crippen LogP contribution in [0.4, 0.5) is 5.69 Å². The first kappa shape index (κ1) is 17.8. The third kappa shape index (κ3) is 4.32. The maximum Gasteiger partial charge on any atom is 0.240 e. The molecule has 134 valence electrons. The van der Waals surface area contributed by atoms with Crippen molar-refractivity contribution in [3.63, 3.8) is 0 Å². The topological polar surface area (TPSA) is 58.6 Å². The minimum absolute atomic E-state index is 0.265. The summed E-state index contributed by atoms with van der Waals surface area (Å²) in [7, 11) is -1.93. The molecule has 1 aliphatic rings. The van der Waals surface area contributed by atoms with E-state index >= 15 is 0 Å². The molecule has 1 N–H and O–H groups in total. The first-order chi connectivity index (χ1) is 12.0. The molecule has 1 unspecified atom stereocenters. The molecule has 1 atom stereocenters. The summed E-state index contributed by atoms with van der Waals surface area (Å²) in [5, 5.41) is 0. The summed E-state index contributed by atoms with van der Waals surface area (Å²) in [6.07, 6.45) is 0.985. The van der Waals surface area contributed by atoms with Crippen LogP contribution in [0.25, 0.3) is 0 Å². The van der Waals surface area contributed by atoms with Gasteiger partial charge in [0.15, 0.2) is 0 Å². The molecule has 6 heteroatoms. The van der Waals surface area contributed by atoms with Crippen molar-refractivity contribution in [1.82, 2.24) is 4.72 Å². The zero-order valence-electron chi connectivity index (χ0n) is 14.6. The van der Waals surface area contributed by atoms with Crippen molar-refractivity contribution in [3.8, 4) is 5.75 Å². The van der Waals surface area contributed by atoms with Crippen molar-refractivity contribution in [1.29, 1.82) is 0 Å². The maximum absolute atomic E-state index is 12.4. The predicted octanol–water partition coefficient (Wildman–Crippen LogP) is 2.81. The molecule has 0 spiro atoms. The number of sulfonamides is 1. The summed E-state index contributed by atoms with van der Waals surface area (Å²) in [6, 6.07) is 14.9. The lowest BCUT2D eigenvalue weighted by Gasteiger charge is -2.19. The molecule has 0 saturated carbocycles. The van der Waals surface area contributed by atoms with E-state index in [1.807, 2.05) is 0 Å².